The topological polar surface area (TPSA) is 78.5 Å². The smallest absolute Gasteiger partial charge is 0.252 e. The highest BCUT2D eigenvalue weighted by molar-refractivity contribution is 6.00. The van der Waals surface area contributed by atoms with Gasteiger partial charge in [0.05, 0.1) is 6.04 Å². The fourth-order valence-corrected chi connectivity index (χ4v) is 4.57. The number of hydrogen-bond donors (Lipinski definition) is 2. The van der Waals surface area contributed by atoms with E-state index in [1.165, 1.54) is 6.92 Å². The molecule has 170 valence electrons. The van der Waals surface area contributed by atoms with E-state index in [1.54, 1.807) is 17.0 Å². The SMILES string of the molecule is CC(=O)N1CCC[C@H]1C(=O)Nc1ccc(C)c(C(=O)N[C@H](C)c2cccc3ccccc23)c1. The molecule has 2 atom stereocenters. The Hall–Kier alpha value is -3.67. The number of fused-ring (bicyclic) bond motifs is 1. The summed E-state index contributed by atoms with van der Waals surface area (Å²) in [7, 11) is 0. The molecule has 33 heavy (non-hydrogen) atoms. The molecule has 0 aliphatic carbocycles. The van der Waals surface area contributed by atoms with E-state index in [9.17, 15) is 14.4 Å². The van der Waals surface area contributed by atoms with Crippen LogP contribution in [0.15, 0.2) is 60.7 Å². The van der Waals surface area contributed by atoms with Gasteiger partial charge in [0.25, 0.3) is 5.91 Å². The van der Waals surface area contributed by atoms with Crippen LogP contribution in [0.3, 0.4) is 0 Å². The summed E-state index contributed by atoms with van der Waals surface area (Å²) in [4.78, 5) is 39.3. The lowest BCUT2D eigenvalue weighted by Crippen LogP contribution is -2.42. The maximum atomic E-state index is 13.1. The van der Waals surface area contributed by atoms with Crippen LogP contribution in [-0.2, 0) is 9.59 Å². The highest BCUT2D eigenvalue weighted by Gasteiger charge is 2.32. The molecular weight excluding hydrogens is 414 g/mol. The number of hydrogen-bond acceptors (Lipinski definition) is 3. The second-order valence-corrected chi connectivity index (χ2v) is 8.65. The number of anilines is 1. The highest BCUT2D eigenvalue weighted by atomic mass is 16.2. The molecule has 1 aliphatic heterocycles. The Morgan fingerprint density at radius 1 is 1.03 bits per heavy atom. The van der Waals surface area contributed by atoms with Crippen molar-refractivity contribution < 1.29 is 14.4 Å². The molecule has 1 fully saturated rings. The minimum atomic E-state index is -0.465. The monoisotopic (exact) mass is 443 g/mol. The molecule has 4 rings (SSSR count). The van der Waals surface area contributed by atoms with E-state index < -0.39 is 6.04 Å². The molecule has 3 aromatic carbocycles. The van der Waals surface area contributed by atoms with Crippen LogP contribution in [0.2, 0.25) is 0 Å². The minimum Gasteiger partial charge on any atom is -0.345 e. The molecule has 0 radical (unpaired) electrons. The quantitative estimate of drug-likeness (QED) is 0.605. The third-order valence-electron chi connectivity index (χ3n) is 6.35. The molecule has 1 heterocycles. The first-order valence-corrected chi connectivity index (χ1v) is 11.3. The third-order valence-corrected chi connectivity index (χ3v) is 6.35. The van der Waals surface area contributed by atoms with Crippen LogP contribution in [0.1, 0.15) is 54.2 Å². The zero-order valence-corrected chi connectivity index (χ0v) is 19.2. The Kier molecular flexibility index (Phi) is 6.45. The zero-order chi connectivity index (χ0) is 23.5. The normalized spacial score (nSPS) is 16.5. The van der Waals surface area contributed by atoms with Crippen molar-refractivity contribution in [2.75, 3.05) is 11.9 Å². The van der Waals surface area contributed by atoms with Gasteiger partial charge in [-0.25, -0.2) is 0 Å². The van der Waals surface area contributed by atoms with Crippen LogP contribution >= 0.6 is 0 Å². The van der Waals surface area contributed by atoms with Crippen molar-refractivity contribution in [3.63, 3.8) is 0 Å². The van der Waals surface area contributed by atoms with Crippen molar-refractivity contribution in [3.05, 3.63) is 77.4 Å². The maximum absolute atomic E-state index is 13.1. The number of nitrogens with one attached hydrogen (secondary N) is 2. The van der Waals surface area contributed by atoms with Gasteiger partial charge in [-0.05, 0) is 60.7 Å². The van der Waals surface area contributed by atoms with E-state index in [1.807, 2.05) is 44.2 Å². The molecule has 1 saturated heterocycles. The van der Waals surface area contributed by atoms with E-state index >= 15 is 0 Å². The summed E-state index contributed by atoms with van der Waals surface area (Å²) >= 11 is 0. The minimum absolute atomic E-state index is 0.0981. The van der Waals surface area contributed by atoms with E-state index in [-0.39, 0.29) is 23.8 Å². The van der Waals surface area contributed by atoms with Gasteiger partial charge < -0.3 is 15.5 Å². The molecule has 0 saturated carbocycles. The Morgan fingerprint density at radius 2 is 1.79 bits per heavy atom. The Morgan fingerprint density at radius 3 is 2.58 bits per heavy atom. The number of likely N-dealkylation sites (tertiary alicyclic amines) is 1. The number of rotatable bonds is 5. The Balaban J connectivity index is 1.51. The van der Waals surface area contributed by atoms with Gasteiger partial charge in [-0.2, -0.15) is 0 Å². The number of carbonyl (C=O) groups excluding carboxylic acids is 3. The average Bonchev–Trinajstić information content (AvgIpc) is 3.30. The van der Waals surface area contributed by atoms with E-state index in [0.717, 1.165) is 28.3 Å². The Bertz CT molecular complexity index is 1210. The predicted molar refractivity (Wildman–Crippen MR) is 130 cm³/mol. The lowest BCUT2D eigenvalue weighted by atomic mass is 9.99. The second-order valence-electron chi connectivity index (χ2n) is 8.65. The molecule has 3 amide bonds. The predicted octanol–water partition coefficient (Wildman–Crippen LogP) is 4.59. The fourth-order valence-electron chi connectivity index (χ4n) is 4.57. The second kappa shape index (κ2) is 9.45. The van der Waals surface area contributed by atoms with E-state index in [4.69, 9.17) is 0 Å². The number of benzene rings is 3. The lowest BCUT2D eigenvalue weighted by molar-refractivity contribution is -0.134. The average molecular weight is 444 g/mol. The first-order chi connectivity index (χ1) is 15.8. The van der Waals surface area contributed by atoms with E-state index in [2.05, 4.69) is 28.8 Å². The van der Waals surface area contributed by atoms with Crippen LogP contribution in [-0.4, -0.2) is 35.2 Å². The van der Waals surface area contributed by atoms with Crippen molar-refractivity contribution in [1.82, 2.24) is 10.2 Å². The van der Waals surface area contributed by atoms with Crippen LogP contribution in [0.4, 0.5) is 5.69 Å². The molecule has 2 N–H and O–H groups in total. The molecule has 6 heteroatoms. The molecule has 3 aromatic rings. The Labute approximate surface area is 194 Å². The first kappa shape index (κ1) is 22.5. The van der Waals surface area contributed by atoms with Gasteiger partial charge in [-0.3, -0.25) is 14.4 Å². The summed E-state index contributed by atoms with van der Waals surface area (Å²) < 4.78 is 0. The van der Waals surface area contributed by atoms with Gasteiger partial charge in [0, 0.05) is 24.7 Å². The molecule has 6 nitrogen and oxygen atoms in total. The van der Waals surface area contributed by atoms with Gasteiger partial charge in [0.15, 0.2) is 0 Å². The summed E-state index contributed by atoms with van der Waals surface area (Å²) in [5.74, 6) is -0.517. The molecule has 1 aliphatic rings. The van der Waals surface area contributed by atoms with Crippen LogP contribution in [0, 0.1) is 6.92 Å². The molecule has 0 spiro atoms. The van der Waals surface area contributed by atoms with Gasteiger partial charge in [0.1, 0.15) is 6.04 Å². The molecule has 0 aromatic heterocycles. The number of nitrogens with zero attached hydrogens (tertiary/aromatic N) is 1. The molecular formula is C27H29N3O3. The number of aryl methyl sites for hydroxylation is 1. The maximum Gasteiger partial charge on any atom is 0.252 e. The van der Waals surface area contributed by atoms with Gasteiger partial charge in [-0.15, -0.1) is 0 Å². The standard InChI is InChI=1S/C27H29N3O3/c1-17-13-14-21(29-27(33)25-12-7-15-30(25)19(3)31)16-24(17)26(32)28-18(2)22-11-6-9-20-8-4-5-10-23(20)22/h4-6,8-11,13-14,16,18,25H,7,12,15H2,1-3H3,(H,28,32)(H,29,33)/t18-,25+/m1/s1. The molecule has 0 bridgehead atoms. The van der Waals surface area contributed by atoms with E-state index in [0.29, 0.717) is 24.2 Å². The van der Waals surface area contributed by atoms with Gasteiger partial charge in [-0.1, -0.05) is 48.5 Å². The summed E-state index contributed by atoms with van der Waals surface area (Å²) in [6.07, 6.45) is 1.46. The number of carbonyl (C=O) groups is 3. The summed E-state index contributed by atoms with van der Waals surface area (Å²) in [6.45, 7) is 5.92. The summed E-state index contributed by atoms with van der Waals surface area (Å²) in [5.41, 5.74) is 2.93. The van der Waals surface area contributed by atoms with Crippen LogP contribution < -0.4 is 10.6 Å². The number of amides is 3. The first-order valence-electron chi connectivity index (χ1n) is 11.3. The van der Waals surface area contributed by atoms with Crippen molar-refractivity contribution in [3.8, 4) is 0 Å². The largest absolute Gasteiger partial charge is 0.345 e. The highest BCUT2D eigenvalue weighted by Crippen LogP contribution is 2.25. The lowest BCUT2D eigenvalue weighted by Gasteiger charge is -2.22. The van der Waals surface area contributed by atoms with Gasteiger partial charge in [0.2, 0.25) is 11.8 Å². The van der Waals surface area contributed by atoms with Crippen molar-refractivity contribution in [1.29, 1.82) is 0 Å². The van der Waals surface area contributed by atoms with Crippen molar-refractivity contribution >= 4 is 34.2 Å². The fraction of sp³-hybridized carbons (Fsp3) is 0.296. The summed E-state index contributed by atoms with van der Waals surface area (Å²) in [5, 5.41) is 8.22. The zero-order valence-electron chi connectivity index (χ0n) is 19.2. The van der Waals surface area contributed by atoms with Crippen LogP contribution in [0.25, 0.3) is 10.8 Å². The summed E-state index contributed by atoms with van der Waals surface area (Å²) in [6, 6.07) is 18.8. The molecule has 0 unspecified atom stereocenters. The van der Waals surface area contributed by atoms with Crippen molar-refractivity contribution in [2.45, 2.75) is 45.7 Å². The van der Waals surface area contributed by atoms with Crippen LogP contribution in [0.5, 0.6) is 0 Å². The van der Waals surface area contributed by atoms with Gasteiger partial charge >= 0.3 is 0 Å². The third kappa shape index (κ3) is 4.75. The van der Waals surface area contributed by atoms with Crippen molar-refractivity contribution in [2.24, 2.45) is 0 Å².